The van der Waals surface area contributed by atoms with Crippen molar-refractivity contribution < 1.29 is 23.1 Å². The van der Waals surface area contributed by atoms with Crippen molar-refractivity contribution >= 4 is 29.2 Å². The zero-order valence-corrected chi connectivity index (χ0v) is 10.3. The van der Waals surface area contributed by atoms with E-state index in [9.17, 15) is 18.0 Å². The Labute approximate surface area is 110 Å². The van der Waals surface area contributed by atoms with Gasteiger partial charge in [0.2, 0.25) is 0 Å². The molecular formula is C10H8Cl2F3NO2. The molecule has 3 nitrogen and oxygen atoms in total. The van der Waals surface area contributed by atoms with E-state index >= 15 is 0 Å². The van der Waals surface area contributed by atoms with Crippen LogP contribution in [0.2, 0.25) is 10.0 Å². The van der Waals surface area contributed by atoms with E-state index in [-0.39, 0.29) is 22.0 Å². The lowest BCUT2D eigenvalue weighted by atomic mass is 10.0. The Bertz CT molecular complexity index is 454. The van der Waals surface area contributed by atoms with E-state index in [1.807, 2.05) is 0 Å². The summed E-state index contributed by atoms with van der Waals surface area (Å²) in [6.07, 6.45) is -4.81. The van der Waals surface area contributed by atoms with Crippen LogP contribution in [0.1, 0.15) is 11.1 Å². The highest BCUT2D eigenvalue weighted by Crippen LogP contribution is 2.36. The molecule has 0 unspecified atom stereocenters. The van der Waals surface area contributed by atoms with E-state index in [4.69, 9.17) is 34.0 Å². The maximum absolute atomic E-state index is 12.4. The van der Waals surface area contributed by atoms with Crippen LogP contribution in [-0.4, -0.2) is 17.1 Å². The number of carbonyl (C=O) groups is 1. The first-order valence-electron chi connectivity index (χ1n) is 4.66. The second-order valence-corrected chi connectivity index (χ2v) is 4.38. The molecule has 0 bridgehead atoms. The molecule has 0 aliphatic heterocycles. The smallest absolute Gasteiger partial charge is 0.416 e. The molecule has 0 aliphatic carbocycles. The third-order valence-electron chi connectivity index (χ3n) is 2.21. The van der Waals surface area contributed by atoms with Gasteiger partial charge in [-0.15, -0.1) is 0 Å². The van der Waals surface area contributed by atoms with Gasteiger partial charge in [0.1, 0.15) is 6.04 Å². The molecule has 1 rings (SSSR count). The van der Waals surface area contributed by atoms with Crippen LogP contribution in [0.3, 0.4) is 0 Å². The second-order valence-electron chi connectivity index (χ2n) is 3.57. The molecule has 0 aromatic heterocycles. The average Bonchev–Trinajstić information content (AvgIpc) is 2.21. The van der Waals surface area contributed by atoms with Crippen LogP contribution in [0.25, 0.3) is 0 Å². The van der Waals surface area contributed by atoms with E-state index in [0.29, 0.717) is 12.1 Å². The van der Waals surface area contributed by atoms with Crippen molar-refractivity contribution in [3.8, 4) is 0 Å². The first kappa shape index (κ1) is 15.1. The summed E-state index contributed by atoms with van der Waals surface area (Å²) in [5.41, 5.74) is 4.36. The molecule has 1 aromatic rings. The Kier molecular flexibility index (Phi) is 4.47. The molecule has 18 heavy (non-hydrogen) atoms. The van der Waals surface area contributed by atoms with Crippen molar-refractivity contribution in [3.05, 3.63) is 33.3 Å². The maximum atomic E-state index is 12.4. The van der Waals surface area contributed by atoms with Gasteiger partial charge in [-0.05, 0) is 17.7 Å². The van der Waals surface area contributed by atoms with Crippen LogP contribution in [0.5, 0.6) is 0 Å². The quantitative estimate of drug-likeness (QED) is 0.902. The predicted octanol–water partition coefficient (Wildman–Crippen LogP) is 2.97. The van der Waals surface area contributed by atoms with Crippen molar-refractivity contribution in [2.75, 3.05) is 0 Å². The summed E-state index contributed by atoms with van der Waals surface area (Å²) in [4.78, 5) is 10.6. The van der Waals surface area contributed by atoms with Crippen LogP contribution in [0, 0.1) is 0 Å². The Morgan fingerprint density at radius 3 is 2.11 bits per heavy atom. The molecule has 0 amide bonds. The molecule has 0 saturated carbocycles. The average molecular weight is 302 g/mol. The van der Waals surface area contributed by atoms with Gasteiger partial charge in [0.15, 0.2) is 0 Å². The maximum Gasteiger partial charge on any atom is 0.416 e. The van der Waals surface area contributed by atoms with Gasteiger partial charge in [-0.2, -0.15) is 13.2 Å². The summed E-state index contributed by atoms with van der Waals surface area (Å²) in [5.74, 6) is -1.29. The highest BCUT2D eigenvalue weighted by atomic mass is 35.5. The summed E-state index contributed by atoms with van der Waals surface area (Å²) >= 11 is 11.3. The number of rotatable bonds is 3. The molecular weight excluding hydrogens is 294 g/mol. The van der Waals surface area contributed by atoms with E-state index in [1.165, 1.54) is 0 Å². The molecule has 0 radical (unpaired) electrons. The van der Waals surface area contributed by atoms with Gasteiger partial charge < -0.3 is 10.8 Å². The van der Waals surface area contributed by atoms with Gasteiger partial charge in [-0.25, -0.2) is 0 Å². The van der Waals surface area contributed by atoms with E-state index < -0.39 is 23.8 Å². The van der Waals surface area contributed by atoms with Crippen LogP contribution in [0.15, 0.2) is 12.1 Å². The first-order valence-corrected chi connectivity index (χ1v) is 5.42. The van der Waals surface area contributed by atoms with Crippen molar-refractivity contribution in [1.29, 1.82) is 0 Å². The minimum atomic E-state index is -4.57. The van der Waals surface area contributed by atoms with Crippen molar-refractivity contribution in [2.45, 2.75) is 18.6 Å². The number of nitrogens with two attached hydrogens (primary N) is 1. The summed E-state index contributed by atoms with van der Waals surface area (Å²) in [6.45, 7) is 0. The minimum absolute atomic E-state index is 0.0845. The molecule has 0 saturated heterocycles. The van der Waals surface area contributed by atoms with Crippen molar-refractivity contribution in [3.63, 3.8) is 0 Å². The van der Waals surface area contributed by atoms with E-state index in [2.05, 4.69) is 0 Å². The van der Waals surface area contributed by atoms with Gasteiger partial charge in [-0.3, -0.25) is 4.79 Å². The van der Waals surface area contributed by atoms with Gasteiger partial charge in [0, 0.05) is 16.5 Å². The third kappa shape index (κ3) is 3.51. The minimum Gasteiger partial charge on any atom is -0.480 e. The topological polar surface area (TPSA) is 63.3 Å². The molecule has 1 atom stereocenters. The fourth-order valence-corrected chi connectivity index (χ4v) is 1.91. The number of carboxylic acids is 1. The van der Waals surface area contributed by atoms with E-state index in [0.717, 1.165) is 0 Å². The Hall–Kier alpha value is -0.980. The van der Waals surface area contributed by atoms with Gasteiger partial charge >= 0.3 is 12.1 Å². The highest BCUT2D eigenvalue weighted by molar-refractivity contribution is 6.36. The number of hydrogen-bond acceptors (Lipinski definition) is 2. The van der Waals surface area contributed by atoms with Crippen LogP contribution in [0.4, 0.5) is 13.2 Å². The molecule has 0 spiro atoms. The lowest BCUT2D eigenvalue weighted by Gasteiger charge is -2.13. The largest absolute Gasteiger partial charge is 0.480 e. The zero-order valence-electron chi connectivity index (χ0n) is 8.76. The highest BCUT2D eigenvalue weighted by Gasteiger charge is 2.32. The molecule has 0 aliphatic rings. The molecule has 1 aromatic carbocycles. The van der Waals surface area contributed by atoms with E-state index in [1.54, 1.807) is 0 Å². The summed E-state index contributed by atoms with van der Waals surface area (Å²) in [5, 5.41) is 8.10. The first-order chi connectivity index (χ1) is 8.12. The SMILES string of the molecule is N[C@@H](Cc1c(Cl)cc(C(F)(F)F)cc1Cl)C(=O)O. The number of hydrogen-bond donors (Lipinski definition) is 2. The molecule has 0 fully saturated rings. The van der Waals surface area contributed by atoms with Gasteiger partial charge in [0.05, 0.1) is 5.56 Å². The Morgan fingerprint density at radius 1 is 1.33 bits per heavy atom. The molecule has 0 heterocycles. The fraction of sp³-hybridized carbons (Fsp3) is 0.300. The van der Waals surface area contributed by atoms with Crippen molar-refractivity contribution in [2.24, 2.45) is 5.73 Å². The number of alkyl halides is 3. The number of halogens is 5. The fourth-order valence-electron chi connectivity index (χ4n) is 1.27. The summed E-state index contributed by atoms with van der Waals surface area (Å²) in [7, 11) is 0. The zero-order chi connectivity index (χ0) is 14.1. The monoisotopic (exact) mass is 301 g/mol. The van der Waals surface area contributed by atoms with Crippen LogP contribution in [-0.2, 0) is 17.4 Å². The summed E-state index contributed by atoms with van der Waals surface area (Å²) < 4.78 is 37.3. The Balaban J connectivity index is 3.13. The number of aliphatic carboxylic acids is 1. The van der Waals surface area contributed by atoms with Crippen molar-refractivity contribution in [1.82, 2.24) is 0 Å². The lowest BCUT2D eigenvalue weighted by Crippen LogP contribution is -2.32. The van der Waals surface area contributed by atoms with Crippen LogP contribution >= 0.6 is 23.2 Å². The number of benzene rings is 1. The van der Waals surface area contributed by atoms with Crippen LogP contribution < -0.4 is 5.73 Å². The summed E-state index contributed by atoms with van der Waals surface area (Å²) in [6, 6.07) is 0.103. The lowest BCUT2D eigenvalue weighted by molar-refractivity contribution is -0.139. The normalized spacial score (nSPS) is 13.4. The molecule has 8 heteroatoms. The number of carboxylic acid groups (broad SMARTS) is 1. The molecule has 3 N–H and O–H groups in total. The standard InChI is InChI=1S/C10H8Cl2F3NO2/c11-6-1-4(10(13,14)15)2-7(12)5(6)3-8(16)9(17)18/h1-2,8H,3,16H2,(H,17,18)/t8-/m0/s1. The predicted molar refractivity (Wildman–Crippen MR) is 60.8 cm³/mol. The molecule has 100 valence electrons. The van der Waals surface area contributed by atoms with Gasteiger partial charge in [-0.1, -0.05) is 23.2 Å². The Morgan fingerprint density at radius 2 is 1.78 bits per heavy atom. The van der Waals surface area contributed by atoms with Gasteiger partial charge in [0.25, 0.3) is 0 Å². The second kappa shape index (κ2) is 5.34. The third-order valence-corrected chi connectivity index (χ3v) is 2.88.